The summed E-state index contributed by atoms with van der Waals surface area (Å²) < 4.78 is 0. The molecule has 0 aliphatic carbocycles. The van der Waals surface area contributed by atoms with Gasteiger partial charge in [0.2, 0.25) is 5.91 Å². The van der Waals surface area contributed by atoms with Gasteiger partial charge in [0.15, 0.2) is 0 Å². The second-order valence-electron chi connectivity index (χ2n) is 6.17. The molecule has 0 aliphatic heterocycles. The van der Waals surface area contributed by atoms with Crippen LogP contribution in [0.15, 0.2) is 30.3 Å². The fraction of sp³-hybridized carbons (Fsp3) is 0.588. The summed E-state index contributed by atoms with van der Waals surface area (Å²) in [5, 5.41) is 3.04. The standard InChI is InChI=1S/C17H28N2O/c1-17(2,12-7-13-18)14-19-16(20)11-6-10-15-8-4-3-5-9-15/h3-5,8-9H,6-7,10-14,18H2,1-2H3,(H,19,20). The molecule has 3 N–H and O–H groups in total. The first kappa shape index (κ1) is 16.7. The number of carbonyl (C=O) groups is 1. The lowest BCUT2D eigenvalue weighted by molar-refractivity contribution is -0.121. The Labute approximate surface area is 122 Å². The second-order valence-corrected chi connectivity index (χ2v) is 6.17. The van der Waals surface area contributed by atoms with Crippen LogP contribution in [0.4, 0.5) is 0 Å². The molecule has 0 radical (unpaired) electrons. The van der Waals surface area contributed by atoms with Gasteiger partial charge in [-0.2, -0.15) is 0 Å². The number of hydrogen-bond donors (Lipinski definition) is 2. The van der Waals surface area contributed by atoms with Gasteiger partial charge in [0.05, 0.1) is 0 Å². The van der Waals surface area contributed by atoms with Crippen molar-refractivity contribution in [2.75, 3.05) is 13.1 Å². The fourth-order valence-electron chi connectivity index (χ4n) is 2.19. The van der Waals surface area contributed by atoms with Crippen molar-refractivity contribution in [2.24, 2.45) is 11.1 Å². The molecule has 112 valence electrons. The zero-order valence-corrected chi connectivity index (χ0v) is 12.8. The molecule has 0 bridgehead atoms. The first-order chi connectivity index (χ1) is 9.53. The van der Waals surface area contributed by atoms with Crippen LogP contribution in [0.3, 0.4) is 0 Å². The Morgan fingerprint density at radius 3 is 2.55 bits per heavy atom. The van der Waals surface area contributed by atoms with E-state index in [-0.39, 0.29) is 11.3 Å². The Morgan fingerprint density at radius 2 is 1.90 bits per heavy atom. The van der Waals surface area contributed by atoms with Crippen molar-refractivity contribution >= 4 is 5.91 Å². The van der Waals surface area contributed by atoms with Gasteiger partial charge in [-0.3, -0.25) is 4.79 Å². The molecule has 0 spiro atoms. The minimum Gasteiger partial charge on any atom is -0.356 e. The van der Waals surface area contributed by atoms with Crippen molar-refractivity contribution < 1.29 is 4.79 Å². The van der Waals surface area contributed by atoms with E-state index in [9.17, 15) is 4.79 Å². The molecule has 0 saturated heterocycles. The lowest BCUT2D eigenvalue weighted by atomic mass is 9.87. The number of rotatable bonds is 9. The van der Waals surface area contributed by atoms with Gasteiger partial charge in [-0.05, 0) is 43.2 Å². The quantitative estimate of drug-likeness (QED) is 0.728. The zero-order valence-electron chi connectivity index (χ0n) is 12.8. The third-order valence-corrected chi connectivity index (χ3v) is 3.53. The molecule has 0 atom stereocenters. The lowest BCUT2D eigenvalue weighted by Crippen LogP contribution is -2.34. The lowest BCUT2D eigenvalue weighted by Gasteiger charge is -2.24. The molecule has 1 aromatic carbocycles. The van der Waals surface area contributed by atoms with E-state index < -0.39 is 0 Å². The largest absolute Gasteiger partial charge is 0.356 e. The van der Waals surface area contributed by atoms with Gasteiger partial charge >= 0.3 is 0 Å². The van der Waals surface area contributed by atoms with E-state index in [2.05, 4.69) is 31.3 Å². The summed E-state index contributed by atoms with van der Waals surface area (Å²) in [5.41, 5.74) is 6.95. The van der Waals surface area contributed by atoms with Crippen molar-refractivity contribution in [3.8, 4) is 0 Å². The summed E-state index contributed by atoms with van der Waals surface area (Å²) in [5.74, 6) is 0.154. The Bertz CT molecular complexity index is 387. The summed E-state index contributed by atoms with van der Waals surface area (Å²) in [7, 11) is 0. The maximum atomic E-state index is 11.8. The number of nitrogens with two attached hydrogens (primary N) is 1. The van der Waals surface area contributed by atoms with Gasteiger partial charge in [-0.1, -0.05) is 44.2 Å². The van der Waals surface area contributed by atoms with Crippen LogP contribution in [0.5, 0.6) is 0 Å². The maximum absolute atomic E-state index is 11.8. The molecule has 0 saturated carbocycles. The number of benzene rings is 1. The van der Waals surface area contributed by atoms with Gasteiger partial charge in [-0.15, -0.1) is 0 Å². The van der Waals surface area contributed by atoms with E-state index in [1.54, 1.807) is 0 Å². The third-order valence-electron chi connectivity index (χ3n) is 3.53. The number of nitrogens with one attached hydrogen (secondary N) is 1. The van der Waals surface area contributed by atoms with Crippen LogP contribution in [-0.4, -0.2) is 19.0 Å². The van der Waals surface area contributed by atoms with E-state index in [0.717, 1.165) is 32.2 Å². The molecule has 1 amide bonds. The van der Waals surface area contributed by atoms with E-state index in [1.165, 1.54) is 5.56 Å². The minimum absolute atomic E-state index is 0.133. The van der Waals surface area contributed by atoms with Gasteiger partial charge in [0.25, 0.3) is 0 Å². The Morgan fingerprint density at radius 1 is 1.20 bits per heavy atom. The summed E-state index contributed by atoms with van der Waals surface area (Å²) >= 11 is 0. The summed E-state index contributed by atoms with van der Waals surface area (Å²) in [4.78, 5) is 11.8. The highest BCUT2D eigenvalue weighted by atomic mass is 16.1. The summed E-state index contributed by atoms with van der Waals surface area (Å²) in [6.45, 7) is 5.80. The molecule has 0 aliphatic rings. The fourth-order valence-corrected chi connectivity index (χ4v) is 2.19. The molecular weight excluding hydrogens is 248 g/mol. The van der Waals surface area contributed by atoms with Crippen LogP contribution in [0.25, 0.3) is 0 Å². The van der Waals surface area contributed by atoms with Crippen LogP contribution >= 0.6 is 0 Å². The maximum Gasteiger partial charge on any atom is 0.220 e. The SMILES string of the molecule is CC(C)(CCCN)CNC(=O)CCCc1ccccc1. The van der Waals surface area contributed by atoms with Gasteiger partial charge < -0.3 is 11.1 Å². The van der Waals surface area contributed by atoms with Crippen LogP contribution < -0.4 is 11.1 Å². The molecule has 0 aromatic heterocycles. The first-order valence-corrected chi connectivity index (χ1v) is 7.54. The highest BCUT2D eigenvalue weighted by Gasteiger charge is 2.17. The molecule has 0 unspecified atom stereocenters. The van der Waals surface area contributed by atoms with Crippen LogP contribution in [0.2, 0.25) is 0 Å². The molecule has 1 rings (SSSR count). The highest BCUT2D eigenvalue weighted by molar-refractivity contribution is 5.75. The van der Waals surface area contributed by atoms with E-state index in [1.807, 2.05) is 18.2 Å². The molecular formula is C17H28N2O. The van der Waals surface area contributed by atoms with Crippen LogP contribution in [0.1, 0.15) is 45.1 Å². The van der Waals surface area contributed by atoms with E-state index in [4.69, 9.17) is 5.73 Å². The second kappa shape index (κ2) is 8.75. The first-order valence-electron chi connectivity index (χ1n) is 7.54. The third kappa shape index (κ3) is 7.29. The predicted molar refractivity (Wildman–Crippen MR) is 84.5 cm³/mol. The number of amides is 1. The van der Waals surface area contributed by atoms with E-state index in [0.29, 0.717) is 13.0 Å². The molecule has 3 heteroatoms. The van der Waals surface area contributed by atoms with Gasteiger partial charge in [-0.25, -0.2) is 0 Å². The van der Waals surface area contributed by atoms with Crippen molar-refractivity contribution in [3.63, 3.8) is 0 Å². The Hall–Kier alpha value is -1.35. The average Bonchev–Trinajstić information content (AvgIpc) is 2.44. The summed E-state index contributed by atoms with van der Waals surface area (Å²) in [6, 6.07) is 10.3. The Kier molecular flexibility index (Phi) is 7.31. The predicted octanol–water partition coefficient (Wildman–Crippen LogP) is 2.89. The normalized spacial score (nSPS) is 11.3. The smallest absolute Gasteiger partial charge is 0.220 e. The van der Waals surface area contributed by atoms with Crippen LogP contribution in [-0.2, 0) is 11.2 Å². The number of aryl methyl sites for hydroxylation is 1. The Balaban J connectivity index is 2.17. The molecule has 0 fully saturated rings. The van der Waals surface area contributed by atoms with Crippen molar-refractivity contribution in [1.82, 2.24) is 5.32 Å². The monoisotopic (exact) mass is 276 g/mol. The molecule has 1 aromatic rings. The van der Waals surface area contributed by atoms with Crippen molar-refractivity contribution in [2.45, 2.75) is 46.0 Å². The average molecular weight is 276 g/mol. The number of hydrogen-bond acceptors (Lipinski definition) is 2. The molecule has 20 heavy (non-hydrogen) atoms. The van der Waals surface area contributed by atoms with E-state index >= 15 is 0 Å². The zero-order chi connectivity index (χ0) is 14.8. The van der Waals surface area contributed by atoms with Crippen LogP contribution in [0, 0.1) is 5.41 Å². The highest BCUT2D eigenvalue weighted by Crippen LogP contribution is 2.20. The van der Waals surface area contributed by atoms with Crippen molar-refractivity contribution in [1.29, 1.82) is 0 Å². The minimum atomic E-state index is 0.133. The van der Waals surface area contributed by atoms with Gasteiger partial charge in [0, 0.05) is 13.0 Å². The van der Waals surface area contributed by atoms with Crippen molar-refractivity contribution in [3.05, 3.63) is 35.9 Å². The number of carbonyl (C=O) groups excluding carboxylic acids is 1. The molecule has 3 nitrogen and oxygen atoms in total. The summed E-state index contributed by atoms with van der Waals surface area (Å²) in [6.07, 6.45) is 4.52. The topological polar surface area (TPSA) is 55.1 Å². The van der Waals surface area contributed by atoms with Gasteiger partial charge in [0.1, 0.15) is 0 Å². The molecule has 0 heterocycles.